The largest absolute Gasteiger partial charge is 0.573 e. The average Bonchev–Trinajstić information content (AvgIpc) is 2.79. The molecule has 10 heteroatoms. The molecule has 1 aromatic heterocycles. The van der Waals surface area contributed by atoms with Crippen molar-refractivity contribution in [2.75, 3.05) is 38.0 Å². The molecule has 0 radical (unpaired) electrons. The molecule has 1 N–H and O–H groups in total. The number of carbonyl (C=O) groups excluding carboxylic acids is 2. The van der Waals surface area contributed by atoms with E-state index in [4.69, 9.17) is 0 Å². The van der Waals surface area contributed by atoms with Crippen molar-refractivity contribution >= 4 is 28.4 Å². The topological polar surface area (TPSA) is 74.8 Å². The van der Waals surface area contributed by atoms with Gasteiger partial charge in [0.2, 0.25) is 5.91 Å². The number of amides is 2. The van der Waals surface area contributed by atoms with Crippen LogP contribution in [0.4, 0.5) is 18.9 Å². The fraction of sp³-hybridized carbons (Fsp3) is 0.261. The lowest BCUT2D eigenvalue weighted by molar-refractivity contribution is -0.274. The van der Waals surface area contributed by atoms with Crippen LogP contribution in [0.1, 0.15) is 10.4 Å². The highest BCUT2D eigenvalue weighted by atomic mass is 19.4. The number of halogens is 3. The molecule has 2 amide bonds. The number of para-hydroxylation sites is 1. The number of ether oxygens (including phenoxy) is 1. The number of hydrogen-bond acceptors (Lipinski definition) is 5. The number of piperazine rings is 1. The van der Waals surface area contributed by atoms with Gasteiger partial charge in [-0.1, -0.05) is 18.2 Å². The number of hydrogen-bond donors (Lipinski definition) is 1. The van der Waals surface area contributed by atoms with E-state index in [-0.39, 0.29) is 24.1 Å². The van der Waals surface area contributed by atoms with Crippen LogP contribution in [0.3, 0.4) is 0 Å². The van der Waals surface area contributed by atoms with Crippen molar-refractivity contribution in [2.45, 2.75) is 6.36 Å². The summed E-state index contributed by atoms with van der Waals surface area (Å²) in [6.07, 6.45) is -3.11. The van der Waals surface area contributed by atoms with Crippen LogP contribution in [0, 0.1) is 0 Å². The van der Waals surface area contributed by atoms with Crippen molar-refractivity contribution in [3.8, 4) is 5.75 Å². The summed E-state index contributed by atoms with van der Waals surface area (Å²) < 4.78 is 40.5. The zero-order valence-electron chi connectivity index (χ0n) is 17.5. The van der Waals surface area contributed by atoms with Crippen LogP contribution < -0.4 is 10.1 Å². The first-order chi connectivity index (χ1) is 15.8. The first-order valence-corrected chi connectivity index (χ1v) is 10.3. The maximum Gasteiger partial charge on any atom is 0.573 e. The molecule has 172 valence electrons. The van der Waals surface area contributed by atoms with Gasteiger partial charge in [0.25, 0.3) is 5.91 Å². The lowest BCUT2D eigenvalue weighted by Crippen LogP contribution is -2.50. The molecule has 1 aliphatic rings. The van der Waals surface area contributed by atoms with Crippen molar-refractivity contribution in [3.05, 3.63) is 66.4 Å². The molecule has 2 heterocycles. The minimum absolute atomic E-state index is 0.0930. The molecule has 7 nitrogen and oxygen atoms in total. The van der Waals surface area contributed by atoms with Crippen LogP contribution in [-0.2, 0) is 4.79 Å². The third-order valence-corrected chi connectivity index (χ3v) is 5.26. The summed E-state index contributed by atoms with van der Waals surface area (Å²) in [4.78, 5) is 33.3. The van der Waals surface area contributed by atoms with E-state index in [9.17, 15) is 22.8 Å². The quantitative estimate of drug-likeness (QED) is 0.633. The Balaban J connectivity index is 1.28. The van der Waals surface area contributed by atoms with Gasteiger partial charge < -0.3 is 15.0 Å². The molecule has 0 unspecified atom stereocenters. The maximum absolute atomic E-state index is 13.0. The van der Waals surface area contributed by atoms with Gasteiger partial charge in [-0.05, 0) is 36.4 Å². The van der Waals surface area contributed by atoms with Gasteiger partial charge in [0.1, 0.15) is 5.75 Å². The van der Waals surface area contributed by atoms with E-state index in [1.165, 1.54) is 12.1 Å². The molecule has 0 bridgehead atoms. The standard InChI is InChI=1S/C23H21F3N4O3/c24-23(25,26)33-18-8-6-17(7-9-18)28-20(31)15-29-11-13-30(14-12-29)22(32)19-5-1-3-16-4-2-10-27-21(16)19/h1-10H,11-15H2,(H,28,31). The molecule has 1 aliphatic heterocycles. The second kappa shape index (κ2) is 9.45. The van der Waals surface area contributed by atoms with Crippen molar-refractivity contribution in [2.24, 2.45) is 0 Å². The van der Waals surface area contributed by atoms with Crippen molar-refractivity contribution in [1.29, 1.82) is 0 Å². The minimum Gasteiger partial charge on any atom is -0.406 e. The van der Waals surface area contributed by atoms with Crippen molar-refractivity contribution < 1.29 is 27.5 Å². The Morgan fingerprint density at radius 2 is 1.67 bits per heavy atom. The highest BCUT2D eigenvalue weighted by molar-refractivity contribution is 6.05. The number of nitrogens with one attached hydrogen (secondary N) is 1. The molecule has 2 aromatic carbocycles. The Hall–Kier alpha value is -3.66. The second-order valence-corrected chi connectivity index (χ2v) is 7.57. The SMILES string of the molecule is O=C(CN1CCN(C(=O)c2cccc3cccnc23)CC1)Nc1ccc(OC(F)(F)F)cc1. The zero-order chi connectivity index (χ0) is 23.4. The first-order valence-electron chi connectivity index (χ1n) is 10.3. The number of aromatic nitrogens is 1. The monoisotopic (exact) mass is 458 g/mol. The Morgan fingerprint density at radius 3 is 2.36 bits per heavy atom. The number of alkyl halides is 3. The molecule has 0 spiro atoms. The summed E-state index contributed by atoms with van der Waals surface area (Å²) in [6.45, 7) is 2.10. The number of fused-ring (bicyclic) bond motifs is 1. The smallest absolute Gasteiger partial charge is 0.406 e. The number of pyridine rings is 1. The Morgan fingerprint density at radius 1 is 0.970 bits per heavy atom. The van der Waals surface area contributed by atoms with Crippen molar-refractivity contribution in [3.63, 3.8) is 0 Å². The Labute approximate surface area is 187 Å². The summed E-state index contributed by atoms with van der Waals surface area (Å²) in [5.74, 6) is -0.746. The van der Waals surface area contributed by atoms with Gasteiger partial charge in [-0.3, -0.25) is 19.5 Å². The summed E-state index contributed by atoms with van der Waals surface area (Å²) in [5, 5.41) is 3.55. The number of benzene rings is 2. The van der Waals surface area contributed by atoms with Crippen LogP contribution >= 0.6 is 0 Å². The molecule has 0 saturated carbocycles. The fourth-order valence-electron chi connectivity index (χ4n) is 3.70. The van der Waals surface area contributed by atoms with E-state index in [0.717, 1.165) is 17.5 Å². The predicted octanol–water partition coefficient (Wildman–Crippen LogP) is 3.53. The molecule has 3 aromatic rings. The van der Waals surface area contributed by atoms with E-state index in [1.54, 1.807) is 17.2 Å². The van der Waals surface area contributed by atoms with E-state index in [1.807, 2.05) is 29.2 Å². The maximum atomic E-state index is 13.0. The Bertz CT molecular complexity index is 1140. The third-order valence-electron chi connectivity index (χ3n) is 5.26. The van der Waals surface area contributed by atoms with Crippen molar-refractivity contribution in [1.82, 2.24) is 14.8 Å². The number of rotatable bonds is 5. The molecule has 0 atom stereocenters. The summed E-state index contributed by atoms with van der Waals surface area (Å²) in [7, 11) is 0. The van der Waals surface area contributed by atoms with Crippen LogP contribution in [0.15, 0.2) is 60.8 Å². The van der Waals surface area contributed by atoms with Gasteiger partial charge in [-0.25, -0.2) is 0 Å². The molecule has 33 heavy (non-hydrogen) atoms. The lowest BCUT2D eigenvalue weighted by Gasteiger charge is -2.34. The predicted molar refractivity (Wildman–Crippen MR) is 116 cm³/mol. The highest BCUT2D eigenvalue weighted by Gasteiger charge is 2.31. The van der Waals surface area contributed by atoms with Gasteiger partial charge in [0.05, 0.1) is 17.6 Å². The van der Waals surface area contributed by atoms with Gasteiger partial charge >= 0.3 is 6.36 Å². The van der Waals surface area contributed by atoms with Crippen LogP contribution in [0.2, 0.25) is 0 Å². The van der Waals surface area contributed by atoms with Crippen LogP contribution in [-0.4, -0.2) is 65.7 Å². The summed E-state index contributed by atoms with van der Waals surface area (Å²) in [5.41, 5.74) is 1.59. The first kappa shape index (κ1) is 22.5. The number of carbonyl (C=O) groups is 2. The van der Waals surface area contributed by atoms with Gasteiger partial charge in [-0.2, -0.15) is 0 Å². The molecule has 4 rings (SSSR count). The van der Waals surface area contributed by atoms with E-state index in [2.05, 4.69) is 15.0 Å². The average molecular weight is 458 g/mol. The molecule has 1 saturated heterocycles. The minimum atomic E-state index is -4.77. The van der Waals surface area contributed by atoms with Gasteiger partial charge in [0.15, 0.2) is 0 Å². The number of anilines is 1. The Kier molecular flexibility index (Phi) is 6.45. The van der Waals surface area contributed by atoms with E-state index < -0.39 is 6.36 Å². The van der Waals surface area contributed by atoms with Gasteiger partial charge in [0, 0.05) is 43.4 Å². The number of nitrogens with zero attached hydrogens (tertiary/aromatic N) is 3. The second-order valence-electron chi connectivity index (χ2n) is 7.57. The molecule has 0 aliphatic carbocycles. The van der Waals surface area contributed by atoms with E-state index >= 15 is 0 Å². The lowest BCUT2D eigenvalue weighted by atomic mass is 10.1. The normalized spacial score (nSPS) is 14.8. The van der Waals surface area contributed by atoms with Gasteiger partial charge in [-0.15, -0.1) is 13.2 Å². The fourth-order valence-corrected chi connectivity index (χ4v) is 3.70. The summed E-state index contributed by atoms with van der Waals surface area (Å²) >= 11 is 0. The third kappa shape index (κ3) is 5.78. The summed E-state index contributed by atoms with van der Waals surface area (Å²) in [6, 6.07) is 14.2. The molecular formula is C23H21F3N4O3. The molecule has 1 fully saturated rings. The van der Waals surface area contributed by atoms with E-state index in [0.29, 0.717) is 42.9 Å². The van der Waals surface area contributed by atoms with Crippen LogP contribution in [0.25, 0.3) is 10.9 Å². The highest BCUT2D eigenvalue weighted by Crippen LogP contribution is 2.24. The van der Waals surface area contributed by atoms with Crippen LogP contribution in [0.5, 0.6) is 5.75 Å². The molecular weight excluding hydrogens is 437 g/mol. The zero-order valence-corrected chi connectivity index (χ0v) is 17.5.